The summed E-state index contributed by atoms with van der Waals surface area (Å²) >= 11 is 0. The number of anilines is 1. The van der Waals surface area contributed by atoms with Gasteiger partial charge in [0.1, 0.15) is 11.2 Å². The average Bonchev–Trinajstić information content (AvgIpc) is 2.97. The van der Waals surface area contributed by atoms with Crippen molar-refractivity contribution in [3.05, 3.63) is 95.6 Å². The molecule has 0 spiro atoms. The molecule has 29 heavy (non-hydrogen) atoms. The number of amides is 1. The number of para-hydroxylation sites is 1. The van der Waals surface area contributed by atoms with E-state index in [1.165, 1.54) is 0 Å². The Bertz CT molecular complexity index is 1050. The normalized spacial score (nSPS) is 14.4. The van der Waals surface area contributed by atoms with Crippen LogP contribution in [0, 0.1) is 0 Å². The molecule has 0 fully saturated rings. The zero-order valence-corrected chi connectivity index (χ0v) is 15.8. The molecule has 0 heterocycles. The van der Waals surface area contributed by atoms with Crippen molar-refractivity contribution >= 4 is 23.2 Å². The Morgan fingerprint density at radius 3 is 1.93 bits per heavy atom. The highest BCUT2D eigenvalue weighted by Crippen LogP contribution is 2.43. The lowest BCUT2D eigenvalue weighted by Crippen LogP contribution is -2.41. The summed E-state index contributed by atoms with van der Waals surface area (Å²) in [6, 6.07) is 22.4. The predicted octanol–water partition coefficient (Wildman–Crippen LogP) is 4.04. The fourth-order valence-corrected chi connectivity index (χ4v) is 3.81. The molecule has 4 rings (SSSR count). The second kappa shape index (κ2) is 7.36. The molecular weight excluding hydrogens is 366 g/mol. The van der Waals surface area contributed by atoms with Crippen molar-refractivity contribution in [2.45, 2.75) is 11.8 Å². The van der Waals surface area contributed by atoms with E-state index in [9.17, 15) is 14.4 Å². The van der Waals surface area contributed by atoms with E-state index in [2.05, 4.69) is 5.32 Å². The Kier molecular flexibility index (Phi) is 4.72. The van der Waals surface area contributed by atoms with Gasteiger partial charge in [-0.3, -0.25) is 14.4 Å². The largest absolute Gasteiger partial charge is 0.497 e. The topological polar surface area (TPSA) is 72.5 Å². The summed E-state index contributed by atoms with van der Waals surface area (Å²) in [6.07, 6.45) is -0.277. The van der Waals surface area contributed by atoms with Gasteiger partial charge in [-0.2, -0.15) is 0 Å². The van der Waals surface area contributed by atoms with E-state index in [1.54, 1.807) is 79.9 Å². The first-order valence-electron chi connectivity index (χ1n) is 9.24. The van der Waals surface area contributed by atoms with Gasteiger partial charge in [0, 0.05) is 16.8 Å². The summed E-state index contributed by atoms with van der Waals surface area (Å²) in [4.78, 5) is 39.8. The lowest BCUT2D eigenvalue weighted by molar-refractivity contribution is -0.116. The highest BCUT2D eigenvalue weighted by molar-refractivity contribution is 6.34. The van der Waals surface area contributed by atoms with Crippen LogP contribution < -0.4 is 10.1 Å². The highest BCUT2D eigenvalue weighted by atomic mass is 16.5. The molecule has 5 nitrogen and oxygen atoms in total. The lowest BCUT2D eigenvalue weighted by Gasteiger charge is -2.26. The Labute approximate surface area is 168 Å². The number of rotatable bonds is 5. The molecule has 1 N–H and O–H groups in total. The fourth-order valence-electron chi connectivity index (χ4n) is 3.81. The smallest absolute Gasteiger partial charge is 0.226 e. The van der Waals surface area contributed by atoms with Crippen LogP contribution in [0.3, 0.4) is 0 Å². The maximum atomic E-state index is 13.4. The van der Waals surface area contributed by atoms with Crippen LogP contribution in [0.15, 0.2) is 78.9 Å². The van der Waals surface area contributed by atoms with E-state index in [0.29, 0.717) is 28.1 Å². The van der Waals surface area contributed by atoms with Gasteiger partial charge in [-0.25, -0.2) is 0 Å². The van der Waals surface area contributed by atoms with Crippen LogP contribution in [0.2, 0.25) is 0 Å². The van der Waals surface area contributed by atoms with E-state index in [1.807, 2.05) is 6.07 Å². The van der Waals surface area contributed by atoms with Crippen LogP contribution in [0.1, 0.15) is 32.7 Å². The summed E-state index contributed by atoms with van der Waals surface area (Å²) in [6.45, 7) is 0. The molecule has 3 aromatic rings. The van der Waals surface area contributed by atoms with Gasteiger partial charge in [0.05, 0.1) is 13.5 Å². The zero-order valence-electron chi connectivity index (χ0n) is 15.8. The number of hydrogen-bond acceptors (Lipinski definition) is 4. The predicted molar refractivity (Wildman–Crippen MR) is 109 cm³/mol. The molecule has 1 aliphatic carbocycles. The van der Waals surface area contributed by atoms with Gasteiger partial charge >= 0.3 is 0 Å². The van der Waals surface area contributed by atoms with Crippen molar-refractivity contribution in [2.75, 3.05) is 12.4 Å². The number of hydrogen-bond donors (Lipinski definition) is 1. The van der Waals surface area contributed by atoms with Gasteiger partial charge in [-0.15, -0.1) is 0 Å². The molecular formula is C24H19NO4. The van der Waals surface area contributed by atoms with E-state index in [4.69, 9.17) is 4.74 Å². The number of nitrogens with one attached hydrogen (secondary N) is 1. The molecule has 3 aromatic carbocycles. The van der Waals surface area contributed by atoms with Gasteiger partial charge in [0.25, 0.3) is 0 Å². The Morgan fingerprint density at radius 1 is 0.828 bits per heavy atom. The Morgan fingerprint density at radius 2 is 1.38 bits per heavy atom. The van der Waals surface area contributed by atoms with Crippen LogP contribution in [-0.2, 0) is 10.2 Å². The van der Waals surface area contributed by atoms with Gasteiger partial charge in [-0.1, -0.05) is 54.6 Å². The molecule has 1 aliphatic rings. The summed E-state index contributed by atoms with van der Waals surface area (Å²) in [5.41, 5.74) is 0.196. The van der Waals surface area contributed by atoms with E-state index >= 15 is 0 Å². The van der Waals surface area contributed by atoms with Gasteiger partial charge in [0.15, 0.2) is 11.6 Å². The van der Waals surface area contributed by atoms with Crippen LogP contribution in [0.5, 0.6) is 5.75 Å². The monoisotopic (exact) mass is 385 g/mol. The van der Waals surface area contributed by atoms with Gasteiger partial charge in [0.2, 0.25) is 5.91 Å². The Balaban J connectivity index is 1.77. The Hall–Kier alpha value is -3.73. The molecule has 1 amide bonds. The van der Waals surface area contributed by atoms with Crippen LogP contribution in [-0.4, -0.2) is 24.6 Å². The second-order valence-corrected chi connectivity index (χ2v) is 6.93. The van der Waals surface area contributed by atoms with Crippen molar-refractivity contribution in [1.82, 2.24) is 0 Å². The van der Waals surface area contributed by atoms with Crippen LogP contribution in [0.25, 0.3) is 0 Å². The van der Waals surface area contributed by atoms with Crippen molar-refractivity contribution < 1.29 is 19.1 Å². The minimum absolute atomic E-state index is 0.277. The summed E-state index contributed by atoms with van der Waals surface area (Å²) < 4.78 is 5.19. The molecule has 0 atom stereocenters. The maximum Gasteiger partial charge on any atom is 0.226 e. The van der Waals surface area contributed by atoms with E-state index in [0.717, 1.165) is 0 Å². The number of benzene rings is 3. The average molecular weight is 385 g/mol. The second-order valence-electron chi connectivity index (χ2n) is 6.93. The molecule has 0 saturated heterocycles. The minimum atomic E-state index is -1.59. The molecule has 0 saturated carbocycles. The van der Waals surface area contributed by atoms with Crippen molar-refractivity contribution in [3.63, 3.8) is 0 Å². The summed E-state index contributed by atoms with van der Waals surface area (Å²) in [5.74, 6) is -0.507. The van der Waals surface area contributed by atoms with Crippen molar-refractivity contribution in [1.29, 1.82) is 0 Å². The fraction of sp³-hybridized carbons (Fsp3) is 0.125. The maximum absolute atomic E-state index is 13.4. The molecule has 0 radical (unpaired) electrons. The highest BCUT2D eigenvalue weighted by Gasteiger charge is 2.55. The third-order valence-electron chi connectivity index (χ3n) is 5.26. The van der Waals surface area contributed by atoms with E-state index < -0.39 is 11.3 Å². The van der Waals surface area contributed by atoms with Crippen molar-refractivity contribution in [3.8, 4) is 5.75 Å². The first-order chi connectivity index (χ1) is 14.1. The van der Waals surface area contributed by atoms with Crippen LogP contribution >= 0.6 is 0 Å². The molecule has 0 bridgehead atoms. The molecule has 0 unspecified atom stereocenters. The first-order valence-corrected chi connectivity index (χ1v) is 9.24. The zero-order chi connectivity index (χ0) is 20.4. The third-order valence-corrected chi connectivity index (χ3v) is 5.26. The number of methoxy groups -OCH3 is 1. The van der Waals surface area contributed by atoms with Crippen LogP contribution in [0.4, 0.5) is 5.69 Å². The number of fused-ring (bicyclic) bond motifs is 1. The van der Waals surface area contributed by atoms with Gasteiger partial charge < -0.3 is 10.1 Å². The molecule has 144 valence electrons. The number of Topliss-reactive ketones (excluding diaryl/α,β-unsaturated/α-hetero) is 2. The number of ether oxygens (including phenoxy) is 1. The third kappa shape index (κ3) is 3.10. The molecule has 0 aliphatic heterocycles. The minimum Gasteiger partial charge on any atom is -0.497 e. The first kappa shape index (κ1) is 18.6. The quantitative estimate of drug-likeness (QED) is 0.673. The molecule has 5 heteroatoms. The number of carbonyl (C=O) groups is 3. The standard InChI is InChI=1S/C24H19NO4/c1-29-18-13-11-16(12-14-18)24(15-21(26)25-17-7-3-2-4-8-17)22(27)19-9-5-6-10-20(19)23(24)28/h2-14H,15H2,1H3,(H,25,26). The number of carbonyl (C=O) groups excluding carboxylic acids is 3. The van der Waals surface area contributed by atoms with E-state index in [-0.39, 0.29) is 18.0 Å². The number of ketones is 2. The van der Waals surface area contributed by atoms with Gasteiger partial charge in [-0.05, 0) is 29.8 Å². The lowest BCUT2D eigenvalue weighted by atomic mass is 9.73. The van der Waals surface area contributed by atoms with Crippen molar-refractivity contribution in [2.24, 2.45) is 0 Å². The molecule has 0 aromatic heterocycles. The summed E-state index contributed by atoms with van der Waals surface area (Å²) in [7, 11) is 1.54. The summed E-state index contributed by atoms with van der Waals surface area (Å²) in [5, 5.41) is 2.79. The SMILES string of the molecule is COc1ccc(C2(CC(=O)Nc3ccccc3)C(=O)c3ccccc3C2=O)cc1.